The van der Waals surface area contributed by atoms with Gasteiger partial charge in [0, 0.05) is 30.2 Å². The topological polar surface area (TPSA) is 50.7 Å². The normalized spacial score (nSPS) is 10.7. The van der Waals surface area contributed by atoms with Crippen molar-refractivity contribution in [2.24, 2.45) is 0 Å². The molecule has 2 heterocycles. The van der Waals surface area contributed by atoms with Crippen LogP contribution in [-0.4, -0.2) is 21.5 Å². The molecule has 0 bridgehead atoms. The van der Waals surface area contributed by atoms with Gasteiger partial charge < -0.3 is 5.32 Å². The van der Waals surface area contributed by atoms with E-state index in [1.807, 2.05) is 25.3 Å². The molecule has 0 spiro atoms. The Hall–Kier alpha value is -1.81. The summed E-state index contributed by atoms with van der Waals surface area (Å²) >= 11 is 0. The fourth-order valence-electron chi connectivity index (χ4n) is 2.02. The largest absolute Gasteiger partial charge is 0.311 e. The zero-order valence-electron chi connectivity index (χ0n) is 11.8. The molecule has 0 atom stereocenters. The first-order valence-electron chi connectivity index (χ1n) is 6.73. The van der Waals surface area contributed by atoms with Crippen LogP contribution in [0, 0.1) is 6.92 Å². The lowest BCUT2D eigenvalue weighted by Gasteiger charge is -2.09. The molecule has 100 valence electrons. The summed E-state index contributed by atoms with van der Waals surface area (Å²) in [4.78, 5) is 13.4. The van der Waals surface area contributed by atoms with Crippen LogP contribution in [0.2, 0.25) is 0 Å². The van der Waals surface area contributed by atoms with Gasteiger partial charge in [0.25, 0.3) is 0 Å². The first-order chi connectivity index (χ1) is 9.24. The highest BCUT2D eigenvalue weighted by Crippen LogP contribution is 2.20. The SMILES string of the molecule is CCNCc1cc(C)nc(-c2ccncc2CC)n1. The summed E-state index contributed by atoms with van der Waals surface area (Å²) in [7, 11) is 0. The van der Waals surface area contributed by atoms with Gasteiger partial charge in [-0.3, -0.25) is 4.98 Å². The van der Waals surface area contributed by atoms with Gasteiger partial charge in [-0.25, -0.2) is 9.97 Å². The fourth-order valence-corrected chi connectivity index (χ4v) is 2.02. The second-order valence-corrected chi connectivity index (χ2v) is 4.49. The minimum absolute atomic E-state index is 0.777. The van der Waals surface area contributed by atoms with Crippen molar-refractivity contribution in [2.75, 3.05) is 6.54 Å². The first-order valence-corrected chi connectivity index (χ1v) is 6.73. The third-order valence-electron chi connectivity index (χ3n) is 2.99. The molecule has 0 unspecified atom stereocenters. The maximum absolute atomic E-state index is 4.65. The van der Waals surface area contributed by atoms with Gasteiger partial charge in [0.2, 0.25) is 0 Å². The van der Waals surface area contributed by atoms with E-state index in [1.54, 1.807) is 6.20 Å². The van der Waals surface area contributed by atoms with Crippen LogP contribution in [0.5, 0.6) is 0 Å². The van der Waals surface area contributed by atoms with E-state index < -0.39 is 0 Å². The van der Waals surface area contributed by atoms with Crippen molar-refractivity contribution in [3.05, 3.63) is 41.5 Å². The van der Waals surface area contributed by atoms with Crippen LogP contribution in [-0.2, 0) is 13.0 Å². The smallest absolute Gasteiger partial charge is 0.160 e. The van der Waals surface area contributed by atoms with Crippen molar-refractivity contribution in [3.8, 4) is 11.4 Å². The number of nitrogens with zero attached hydrogens (tertiary/aromatic N) is 3. The van der Waals surface area contributed by atoms with E-state index in [0.717, 1.165) is 42.3 Å². The average Bonchev–Trinajstić information content (AvgIpc) is 2.44. The van der Waals surface area contributed by atoms with Gasteiger partial charge in [0.1, 0.15) is 0 Å². The summed E-state index contributed by atoms with van der Waals surface area (Å²) < 4.78 is 0. The van der Waals surface area contributed by atoms with E-state index in [2.05, 4.69) is 34.1 Å². The maximum atomic E-state index is 4.65. The van der Waals surface area contributed by atoms with Gasteiger partial charge in [0.05, 0.1) is 5.69 Å². The number of aromatic nitrogens is 3. The van der Waals surface area contributed by atoms with Crippen molar-refractivity contribution in [1.82, 2.24) is 20.3 Å². The van der Waals surface area contributed by atoms with E-state index in [9.17, 15) is 0 Å². The van der Waals surface area contributed by atoms with Crippen LogP contribution in [0.1, 0.15) is 30.8 Å². The Balaban J connectivity index is 2.41. The standard InChI is InChI=1S/C15H20N4/c1-4-12-9-17-7-6-14(12)15-18-11(3)8-13(19-15)10-16-5-2/h6-9,16H,4-5,10H2,1-3H3. The van der Waals surface area contributed by atoms with Crippen LogP contribution < -0.4 is 5.32 Å². The van der Waals surface area contributed by atoms with Gasteiger partial charge in [-0.2, -0.15) is 0 Å². The Labute approximate surface area is 114 Å². The van der Waals surface area contributed by atoms with E-state index in [1.165, 1.54) is 5.56 Å². The van der Waals surface area contributed by atoms with Crippen LogP contribution in [0.15, 0.2) is 24.5 Å². The minimum atomic E-state index is 0.777. The van der Waals surface area contributed by atoms with Gasteiger partial charge in [-0.1, -0.05) is 13.8 Å². The van der Waals surface area contributed by atoms with Crippen molar-refractivity contribution < 1.29 is 0 Å². The molecule has 0 aromatic carbocycles. The summed E-state index contributed by atoms with van der Waals surface area (Å²) in [5.41, 5.74) is 4.29. The summed E-state index contributed by atoms with van der Waals surface area (Å²) in [5.74, 6) is 0.798. The Kier molecular flexibility index (Phi) is 4.58. The molecule has 19 heavy (non-hydrogen) atoms. The fraction of sp³-hybridized carbons (Fsp3) is 0.400. The molecular formula is C15H20N4. The molecular weight excluding hydrogens is 236 g/mol. The highest BCUT2D eigenvalue weighted by atomic mass is 14.9. The molecule has 4 heteroatoms. The van der Waals surface area contributed by atoms with Gasteiger partial charge in [-0.05, 0) is 37.6 Å². The zero-order valence-corrected chi connectivity index (χ0v) is 11.8. The lowest BCUT2D eigenvalue weighted by Crippen LogP contribution is -2.14. The van der Waals surface area contributed by atoms with Gasteiger partial charge >= 0.3 is 0 Å². The molecule has 0 aliphatic carbocycles. The highest BCUT2D eigenvalue weighted by molar-refractivity contribution is 5.59. The lowest BCUT2D eigenvalue weighted by atomic mass is 10.1. The Morgan fingerprint density at radius 1 is 1.21 bits per heavy atom. The third kappa shape index (κ3) is 3.35. The molecule has 0 fully saturated rings. The van der Waals surface area contributed by atoms with Gasteiger partial charge in [-0.15, -0.1) is 0 Å². The number of rotatable bonds is 5. The number of hydrogen-bond donors (Lipinski definition) is 1. The number of pyridine rings is 1. The van der Waals surface area contributed by atoms with Crippen molar-refractivity contribution >= 4 is 0 Å². The van der Waals surface area contributed by atoms with Crippen LogP contribution in [0.25, 0.3) is 11.4 Å². The molecule has 2 rings (SSSR count). The van der Waals surface area contributed by atoms with Crippen molar-refractivity contribution in [3.63, 3.8) is 0 Å². The van der Waals surface area contributed by atoms with E-state index in [0.29, 0.717) is 0 Å². The van der Waals surface area contributed by atoms with E-state index >= 15 is 0 Å². The first kappa shape index (κ1) is 13.6. The van der Waals surface area contributed by atoms with Crippen LogP contribution in [0.3, 0.4) is 0 Å². The molecule has 0 aliphatic heterocycles. The molecule has 0 amide bonds. The Bertz CT molecular complexity index is 552. The number of hydrogen-bond acceptors (Lipinski definition) is 4. The van der Waals surface area contributed by atoms with E-state index in [-0.39, 0.29) is 0 Å². The summed E-state index contributed by atoms with van der Waals surface area (Å²) in [5, 5.41) is 3.30. The summed E-state index contributed by atoms with van der Waals surface area (Å²) in [6.45, 7) is 7.93. The van der Waals surface area contributed by atoms with Crippen molar-refractivity contribution in [1.29, 1.82) is 0 Å². The average molecular weight is 256 g/mol. The van der Waals surface area contributed by atoms with Crippen LogP contribution in [0.4, 0.5) is 0 Å². The number of aryl methyl sites for hydroxylation is 2. The quantitative estimate of drug-likeness (QED) is 0.893. The second kappa shape index (κ2) is 6.38. The highest BCUT2D eigenvalue weighted by Gasteiger charge is 2.08. The Morgan fingerprint density at radius 2 is 2.05 bits per heavy atom. The number of nitrogens with one attached hydrogen (secondary N) is 1. The predicted molar refractivity (Wildman–Crippen MR) is 76.8 cm³/mol. The monoisotopic (exact) mass is 256 g/mol. The van der Waals surface area contributed by atoms with Crippen molar-refractivity contribution in [2.45, 2.75) is 33.7 Å². The van der Waals surface area contributed by atoms with E-state index in [4.69, 9.17) is 0 Å². The predicted octanol–water partition coefficient (Wildman–Crippen LogP) is 2.52. The molecule has 0 radical (unpaired) electrons. The molecule has 0 saturated heterocycles. The van der Waals surface area contributed by atoms with Gasteiger partial charge in [0.15, 0.2) is 5.82 Å². The molecule has 4 nitrogen and oxygen atoms in total. The second-order valence-electron chi connectivity index (χ2n) is 4.49. The summed E-state index contributed by atoms with van der Waals surface area (Å²) in [6.07, 6.45) is 4.62. The molecule has 0 saturated carbocycles. The molecule has 2 aromatic heterocycles. The Morgan fingerprint density at radius 3 is 2.79 bits per heavy atom. The molecule has 1 N–H and O–H groups in total. The summed E-state index contributed by atoms with van der Waals surface area (Å²) in [6, 6.07) is 4.02. The molecule has 2 aromatic rings. The minimum Gasteiger partial charge on any atom is -0.311 e. The third-order valence-corrected chi connectivity index (χ3v) is 2.99. The zero-order chi connectivity index (χ0) is 13.7. The molecule has 0 aliphatic rings. The maximum Gasteiger partial charge on any atom is 0.160 e. The lowest BCUT2D eigenvalue weighted by molar-refractivity contribution is 0.708. The van der Waals surface area contributed by atoms with Crippen LogP contribution >= 0.6 is 0 Å².